The summed E-state index contributed by atoms with van der Waals surface area (Å²) in [5.41, 5.74) is 8.57. The van der Waals surface area contributed by atoms with Gasteiger partial charge >= 0.3 is 0 Å². The van der Waals surface area contributed by atoms with Gasteiger partial charge in [-0.25, -0.2) is 4.98 Å². The van der Waals surface area contributed by atoms with Gasteiger partial charge in [0.05, 0.1) is 11.0 Å². The normalized spacial score (nSPS) is 10.8. The van der Waals surface area contributed by atoms with Crippen molar-refractivity contribution in [3.8, 4) is 11.5 Å². The van der Waals surface area contributed by atoms with E-state index < -0.39 is 5.91 Å². The van der Waals surface area contributed by atoms with Crippen LogP contribution >= 0.6 is 15.9 Å². The number of amides is 1. The number of carbonyl (C=O) groups excluding carboxylic acids is 1. The molecule has 0 aliphatic rings. The molecule has 0 spiro atoms. The molecule has 0 aliphatic heterocycles. The lowest BCUT2D eigenvalue weighted by molar-refractivity contribution is 0.0999. The highest BCUT2D eigenvalue weighted by Gasteiger charge is 2.12. The Hall–Kier alpha value is -3.32. The number of hydrogen-bond acceptors (Lipinski definition) is 4. The zero-order valence-electron chi connectivity index (χ0n) is 15.4. The van der Waals surface area contributed by atoms with E-state index in [1.54, 1.807) is 18.2 Å². The molecule has 29 heavy (non-hydrogen) atoms. The second-order valence-corrected chi connectivity index (χ2v) is 7.35. The number of primary amides is 1. The first-order chi connectivity index (χ1) is 14.1. The third kappa shape index (κ3) is 4.57. The lowest BCUT2D eigenvalue weighted by Crippen LogP contribution is -2.11. The van der Waals surface area contributed by atoms with Gasteiger partial charge in [-0.05, 0) is 48.0 Å². The quantitative estimate of drug-likeness (QED) is 0.430. The monoisotopic (exact) mass is 451 g/mol. The summed E-state index contributed by atoms with van der Waals surface area (Å²) in [7, 11) is 0. The van der Waals surface area contributed by atoms with Crippen LogP contribution < -0.4 is 15.2 Å². The molecule has 4 aromatic rings. The van der Waals surface area contributed by atoms with Gasteiger partial charge in [-0.15, -0.1) is 0 Å². The van der Waals surface area contributed by atoms with Crippen molar-refractivity contribution < 1.29 is 14.3 Å². The topological polar surface area (TPSA) is 90.2 Å². The number of fused-ring (bicyclic) bond motifs is 1. The number of nitrogens with two attached hydrogens (primary N) is 1. The standard InChI is InChI=1S/C22H18BrN3O3/c23-16-8-5-14(6-9-16)12-28-20-11-15(22(24)27)7-10-19(20)29-13-21-25-17-3-1-2-4-18(17)26-21/h1-11H,12-13H2,(H2,24,27)(H,25,26). The summed E-state index contributed by atoms with van der Waals surface area (Å²) in [4.78, 5) is 19.3. The Morgan fingerprint density at radius 3 is 2.48 bits per heavy atom. The number of para-hydroxylation sites is 2. The second kappa shape index (κ2) is 8.36. The molecule has 4 rings (SSSR count). The molecule has 7 heteroatoms. The number of imidazole rings is 1. The van der Waals surface area contributed by atoms with E-state index in [-0.39, 0.29) is 6.61 Å². The highest BCUT2D eigenvalue weighted by Crippen LogP contribution is 2.30. The van der Waals surface area contributed by atoms with Crippen molar-refractivity contribution in [3.05, 3.63) is 88.2 Å². The third-order valence-electron chi connectivity index (χ3n) is 4.34. The van der Waals surface area contributed by atoms with E-state index in [1.165, 1.54) is 0 Å². The fourth-order valence-electron chi connectivity index (χ4n) is 2.86. The highest BCUT2D eigenvalue weighted by atomic mass is 79.9. The highest BCUT2D eigenvalue weighted by molar-refractivity contribution is 9.10. The molecule has 0 saturated carbocycles. The molecule has 1 heterocycles. The number of rotatable bonds is 7. The predicted octanol–water partition coefficient (Wildman–Crippen LogP) is 4.58. The minimum Gasteiger partial charge on any atom is -0.485 e. The van der Waals surface area contributed by atoms with E-state index in [1.807, 2.05) is 48.5 Å². The van der Waals surface area contributed by atoms with E-state index in [9.17, 15) is 4.79 Å². The molecule has 1 aromatic heterocycles. The number of nitrogens with one attached hydrogen (secondary N) is 1. The van der Waals surface area contributed by atoms with Crippen molar-refractivity contribution >= 4 is 32.9 Å². The molecule has 0 fully saturated rings. The number of aromatic nitrogens is 2. The van der Waals surface area contributed by atoms with Crippen molar-refractivity contribution in [2.75, 3.05) is 0 Å². The Morgan fingerprint density at radius 1 is 0.966 bits per heavy atom. The number of hydrogen-bond donors (Lipinski definition) is 2. The van der Waals surface area contributed by atoms with Gasteiger partial charge in [0.15, 0.2) is 11.5 Å². The van der Waals surface area contributed by atoms with E-state index in [0.717, 1.165) is 21.1 Å². The lowest BCUT2D eigenvalue weighted by atomic mass is 10.2. The second-order valence-electron chi connectivity index (χ2n) is 6.43. The molecule has 0 unspecified atom stereocenters. The number of carbonyl (C=O) groups is 1. The maximum atomic E-state index is 11.6. The summed E-state index contributed by atoms with van der Waals surface area (Å²) < 4.78 is 12.8. The lowest BCUT2D eigenvalue weighted by Gasteiger charge is -2.13. The van der Waals surface area contributed by atoms with E-state index >= 15 is 0 Å². The van der Waals surface area contributed by atoms with Crippen molar-refractivity contribution in [1.29, 1.82) is 0 Å². The predicted molar refractivity (Wildman–Crippen MR) is 114 cm³/mol. The van der Waals surface area contributed by atoms with E-state index in [0.29, 0.717) is 29.5 Å². The largest absolute Gasteiger partial charge is 0.485 e. The van der Waals surface area contributed by atoms with Crippen LogP contribution in [0.4, 0.5) is 0 Å². The Bertz CT molecular complexity index is 1120. The van der Waals surface area contributed by atoms with Gasteiger partial charge in [-0.2, -0.15) is 0 Å². The van der Waals surface area contributed by atoms with E-state index in [2.05, 4.69) is 25.9 Å². The Labute approximate surface area is 175 Å². The first-order valence-electron chi connectivity index (χ1n) is 8.96. The number of benzene rings is 3. The van der Waals surface area contributed by atoms with Crippen molar-refractivity contribution in [2.45, 2.75) is 13.2 Å². The van der Waals surface area contributed by atoms with Crippen molar-refractivity contribution in [3.63, 3.8) is 0 Å². The van der Waals surface area contributed by atoms with Crippen LogP contribution in [-0.2, 0) is 13.2 Å². The number of nitrogens with zero attached hydrogens (tertiary/aromatic N) is 1. The first-order valence-corrected chi connectivity index (χ1v) is 9.75. The van der Waals surface area contributed by atoms with Crippen LogP contribution in [0.1, 0.15) is 21.7 Å². The maximum absolute atomic E-state index is 11.6. The maximum Gasteiger partial charge on any atom is 0.248 e. The minimum absolute atomic E-state index is 0.235. The van der Waals surface area contributed by atoms with Crippen LogP contribution in [0.25, 0.3) is 11.0 Å². The molecular formula is C22H18BrN3O3. The number of aromatic amines is 1. The van der Waals surface area contributed by atoms with Gasteiger partial charge < -0.3 is 20.2 Å². The van der Waals surface area contributed by atoms with Gasteiger partial charge in [0.2, 0.25) is 5.91 Å². The Balaban J connectivity index is 1.52. The summed E-state index contributed by atoms with van der Waals surface area (Å²) in [6, 6.07) is 20.5. The Morgan fingerprint density at radius 2 is 1.72 bits per heavy atom. The smallest absolute Gasteiger partial charge is 0.248 e. The number of H-pyrrole nitrogens is 1. The fraction of sp³-hybridized carbons (Fsp3) is 0.0909. The van der Waals surface area contributed by atoms with Crippen LogP contribution in [0, 0.1) is 0 Å². The molecule has 0 atom stereocenters. The summed E-state index contributed by atoms with van der Waals surface area (Å²) in [5, 5.41) is 0. The molecular weight excluding hydrogens is 434 g/mol. The van der Waals surface area contributed by atoms with Crippen LogP contribution in [0.15, 0.2) is 71.2 Å². The minimum atomic E-state index is -0.526. The number of halogens is 1. The molecule has 3 aromatic carbocycles. The van der Waals surface area contributed by atoms with Gasteiger partial charge in [-0.1, -0.05) is 40.2 Å². The molecule has 0 saturated heterocycles. The van der Waals surface area contributed by atoms with Gasteiger partial charge in [0.25, 0.3) is 0 Å². The fourth-order valence-corrected chi connectivity index (χ4v) is 3.12. The summed E-state index contributed by atoms with van der Waals surface area (Å²) in [5.74, 6) is 1.12. The molecule has 3 N–H and O–H groups in total. The molecule has 146 valence electrons. The van der Waals surface area contributed by atoms with Gasteiger partial charge in [0.1, 0.15) is 19.0 Å². The van der Waals surface area contributed by atoms with E-state index in [4.69, 9.17) is 15.2 Å². The van der Waals surface area contributed by atoms with Crippen LogP contribution in [0.5, 0.6) is 11.5 Å². The SMILES string of the molecule is NC(=O)c1ccc(OCc2nc3ccccc3[nH]2)c(OCc2ccc(Br)cc2)c1. The summed E-state index contributed by atoms with van der Waals surface area (Å²) in [6.45, 7) is 0.565. The molecule has 6 nitrogen and oxygen atoms in total. The average molecular weight is 452 g/mol. The number of ether oxygens (including phenoxy) is 2. The molecule has 0 radical (unpaired) electrons. The van der Waals surface area contributed by atoms with Crippen molar-refractivity contribution in [2.24, 2.45) is 5.73 Å². The third-order valence-corrected chi connectivity index (χ3v) is 4.87. The van der Waals surface area contributed by atoms with Crippen molar-refractivity contribution in [1.82, 2.24) is 9.97 Å². The first kappa shape index (κ1) is 19.0. The van der Waals surface area contributed by atoms with Crippen LogP contribution in [-0.4, -0.2) is 15.9 Å². The summed E-state index contributed by atoms with van der Waals surface area (Å²) >= 11 is 3.41. The van der Waals surface area contributed by atoms with Crippen LogP contribution in [0.3, 0.4) is 0 Å². The molecule has 0 aliphatic carbocycles. The summed E-state index contributed by atoms with van der Waals surface area (Å²) in [6.07, 6.45) is 0. The zero-order valence-corrected chi connectivity index (χ0v) is 17.0. The van der Waals surface area contributed by atoms with Crippen LogP contribution in [0.2, 0.25) is 0 Å². The average Bonchev–Trinajstić information content (AvgIpc) is 3.15. The zero-order chi connectivity index (χ0) is 20.2. The Kier molecular flexibility index (Phi) is 5.48. The molecule has 1 amide bonds. The van der Waals surface area contributed by atoms with Gasteiger partial charge in [-0.3, -0.25) is 4.79 Å². The van der Waals surface area contributed by atoms with Gasteiger partial charge in [0, 0.05) is 10.0 Å². The molecule has 0 bridgehead atoms.